The van der Waals surface area contributed by atoms with E-state index in [9.17, 15) is 22.8 Å². The van der Waals surface area contributed by atoms with Crippen LogP contribution < -0.4 is 10.6 Å². The van der Waals surface area contributed by atoms with Crippen LogP contribution in [0.25, 0.3) is 10.6 Å². The quantitative estimate of drug-likeness (QED) is 0.542. The molecule has 3 heterocycles. The van der Waals surface area contributed by atoms with Crippen LogP contribution in [0.5, 0.6) is 0 Å². The maximum atomic E-state index is 12.5. The van der Waals surface area contributed by atoms with E-state index >= 15 is 0 Å². The van der Waals surface area contributed by atoms with E-state index in [0.717, 1.165) is 5.56 Å². The van der Waals surface area contributed by atoms with Gasteiger partial charge >= 0.3 is 6.18 Å². The van der Waals surface area contributed by atoms with Crippen molar-refractivity contribution in [1.29, 1.82) is 0 Å². The second kappa shape index (κ2) is 9.04. The monoisotopic (exact) mass is 434 g/mol. The molecule has 1 amide bonds. The second-order valence-corrected chi connectivity index (χ2v) is 7.41. The zero-order valence-electron chi connectivity index (χ0n) is 15.8. The number of carbonyl (C=O) groups excluding carboxylic acids is 2. The van der Waals surface area contributed by atoms with Crippen molar-refractivity contribution in [2.45, 2.75) is 19.6 Å². The summed E-state index contributed by atoms with van der Waals surface area (Å²) in [6.07, 6.45) is -1.28. The summed E-state index contributed by atoms with van der Waals surface area (Å²) in [5.41, 5.74) is 1.28. The molecule has 6 nitrogen and oxygen atoms in total. The molecule has 0 bridgehead atoms. The topological polar surface area (TPSA) is 84.0 Å². The molecule has 0 aliphatic heterocycles. The lowest BCUT2D eigenvalue weighted by Crippen LogP contribution is -2.34. The van der Waals surface area contributed by atoms with Crippen LogP contribution in [0.2, 0.25) is 0 Å². The van der Waals surface area contributed by atoms with Crippen molar-refractivity contribution in [2.75, 3.05) is 11.9 Å². The maximum Gasteiger partial charge on any atom is 0.405 e. The number of hydrogen-bond donors (Lipinski definition) is 2. The molecule has 0 aliphatic rings. The van der Waals surface area contributed by atoms with E-state index in [1.807, 2.05) is 11.4 Å². The van der Waals surface area contributed by atoms with Crippen LogP contribution in [0.3, 0.4) is 0 Å². The van der Waals surface area contributed by atoms with Gasteiger partial charge in [0.25, 0.3) is 5.91 Å². The number of anilines is 1. The molecule has 30 heavy (non-hydrogen) atoms. The Morgan fingerprint density at radius 1 is 1.13 bits per heavy atom. The number of ketones is 1. The van der Waals surface area contributed by atoms with Crippen LogP contribution in [0, 0.1) is 0 Å². The van der Waals surface area contributed by atoms with Crippen LogP contribution in [0.1, 0.15) is 32.5 Å². The summed E-state index contributed by atoms with van der Waals surface area (Å²) in [5, 5.41) is 4.85. The van der Waals surface area contributed by atoms with Gasteiger partial charge in [-0.05, 0) is 42.8 Å². The molecular weight excluding hydrogens is 417 g/mol. The third-order valence-corrected chi connectivity index (χ3v) is 5.19. The molecule has 0 saturated heterocycles. The molecule has 10 heteroatoms. The fourth-order valence-corrected chi connectivity index (χ4v) is 3.41. The van der Waals surface area contributed by atoms with Crippen LogP contribution in [0.15, 0.2) is 48.8 Å². The number of rotatable bonds is 7. The van der Waals surface area contributed by atoms with E-state index < -0.39 is 18.6 Å². The Morgan fingerprint density at radius 2 is 1.93 bits per heavy atom. The van der Waals surface area contributed by atoms with Crippen molar-refractivity contribution < 1.29 is 22.8 Å². The lowest BCUT2D eigenvalue weighted by Gasteiger charge is -2.13. The standard InChI is InChI=1S/C20H17F3N4O2S/c1-12(28)16-6-7-17(30-16)15-5-4-14(19(29)26-11-20(21,22)23)18(27-15)25-10-13-3-2-8-24-9-13/h2-9H,10-11H2,1H3,(H,25,27)(H,26,29). The zero-order chi connectivity index (χ0) is 21.7. The van der Waals surface area contributed by atoms with Gasteiger partial charge in [0.15, 0.2) is 5.78 Å². The van der Waals surface area contributed by atoms with Crippen LogP contribution in [-0.4, -0.2) is 34.4 Å². The third kappa shape index (κ3) is 5.63. The molecule has 156 valence electrons. The molecule has 0 aromatic carbocycles. The molecule has 0 unspecified atom stereocenters. The van der Waals surface area contributed by atoms with Gasteiger partial charge in [-0.3, -0.25) is 14.6 Å². The van der Waals surface area contributed by atoms with Gasteiger partial charge in [0, 0.05) is 18.9 Å². The first-order valence-electron chi connectivity index (χ1n) is 8.83. The normalized spacial score (nSPS) is 11.2. The molecule has 0 atom stereocenters. The maximum absolute atomic E-state index is 12.5. The average molecular weight is 434 g/mol. The number of alkyl halides is 3. The van der Waals surface area contributed by atoms with Crippen LogP contribution >= 0.6 is 11.3 Å². The predicted molar refractivity (Wildman–Crippen MR) is 108 cm³/mol. The Kier molecular flexibility index (Phi) is 6.46. The first-order valence-corrected chi connectivity index (χ1v) is 9.64. The number of amides is 1. The molecule has 3 aromatic rings. The summed E-state index contributed by atoms with van der Waals surface area (Å²) in [7, 11) is 0. The summed E-state index contributed by atoms with van der Waals surface area (Å²) in [5.74, 6) is -0.839. The van der Waals surface area contributed by atoms with Crippen molar-refractivity contribution >= 4 is 28.8 Å². The lowest BCUT2D eigenvalue weighted by atomic mass is 10.2. The number of aromatic nitrogens is 2. The Labute approximate surface area is 174 Å². The fraction of sp³-hybridized carbons (Fsp3) is 0.200. The highest BCUT2D eigenvalue weighted by molar-refractivity contribution is 7.17. The van der Waals surface area contributed by atoms with Crippen LogP contribution in [-0.2, 0) is 6.54 Å². The minimum atomic E-state index is -4.52. The average Bonchev–Trinajstić information content (AvgIpc) is 3.21. The molecule has 0 spiro atoms. The Hall–Kier alpha value is -3.27. The lowest BCUT2D eigenvalue weighted by molar-refractivity contribution is -0.123. The van der Waals surface area contributed by atoms with E-state index in [0.29, 0.717) is 15.4 Å². The first-order chi connectivity index (χ1) is 14.2. The Bertz CT molecular complexity index is 1050. The van der Waals surface area contributed by atoms with Gasteiger partial charge < -0.3 is 10.6 Å². The highest BCUT2D eigenvalue weighted by Gasteiger charge is 2.28. The Morgan fingerprint density at radius 3 is 2.57 bits per heavy atom. The SMILES string of the molecule is CC(=O)c1ccc(-c2ccc(C(=O)NCC(F)(F)F)c(NCc3cccnc3)n2)s1. The molecular formula is C20H17F3N4O2S. The zero-order valence-corrected chi connectivity index (χ0v) is 16.6. The van der Waals surface area contributed by atoms with Gasteiger partial charge in [0.1, 0.15) is 12.4 Å². The second-order valence-electron chi connectivity index (χ2n) is 6.33. The summed E-state index contributed by atoms with van der Waals surface area (Å²) >= 11 is 1.25. The van der Waals surface area contributed by atoms with Crippen molar-refractivity contribution in [3.05, 3.63) is 64.8 Å². The Balaban J connectivity index is 1.90. The highest BCUT2D eigenvalue weighted by atomic mass is 32.1. The van der Waals surface area contributed by atoms with E-state index in [-0.39, 0.29) is 23.7 Å². The molecule has 3 rings (SSSR count). The summed E-state index contributed by atoms with van der Waals surface area (Å²) < 4.78 is 37.4. The molecule has 0 fully saturated rings. The fourth-order valence-electron chi connectivity index (χ4n) is 2.54. The van der Waals surface area contributed by atoms with E-state index in [2.05, 4.69) is 15.3 Å². The van der Waals surface area contributed by atoms with Gasteiger partial charge in [-0.15, -0.1) is 11.3 Å². The molecule has 0 aliphatic carbocycles. The highest BCUT2D eigenvalue weighted by Crippen LogP contribution is 2.29. The molecule has 0 radical (unpaired) electrons. The molecule has 2 N–H and O–H groups in total. The minimum absolute atomic E-state index is 0.0183. The molecule has 0 saturated carbocycles. The number of hydrogen-bond acceptors (Lipinski definition) is 6. The number of thiophene rings is 1. The number of halogens is 3. The number of nitrogens with zero attached hydrogens (tertiary/aromatic N) is 2. The third-order valence-electron chi connectivity index (χ3n) is 3.98. The van der Waals surface area contributed by atoms with Gasteiger partial charge in [0.2, 0.25) is 0 Å². The van der Waals surface area contributed by atoms with Crippen LogP contribution in [0.4, 0.5) is 19.0 Å². The number of pyridine rings is 2. The van der Waals surface area contributed by atoms with Gasteiger partial charge in [-0.1, -0.05) is 6.07 Å². The molecule has 3 aromatic heterocycles. The van der Waals surface area contributed by atoms with Crippen molar-refractivity contribution in [3.8, 4) is 10.6 Å². The first kappa shape index (κ1) is 21.4. The van der Waals surface area contributed by atoms with Crippen molar-refractivity contribution in [1.82, 2.24) is 15.3 Å². The van der Waals surface area contributed by atoms with Gasteiger partial charge in [-0.25, -0.2) is 4.98 Å². The van der Waals surface area contributed by atoms with Gasteiger partial charge in [0.05, 0.1) is 21.0 Å². The van der Waals surface area contributed by atoms with E-state index in [1.165, 1.54) is 30.4 Å². The summed E-state index contributed by atoms with van der Waals surface area (Å²) in [6, 6.07) is 9.91. The van der Waals surface area contributed by atoms with Crippen molar-refractivity contribution in [2.24, 2.45) is 0 Å². The smallest absolute Gasteiger partial charge is 0.365 e. The number of nitrogens with one attached hydrogen (secondary N) is 2. The van der Waals surface area contributed by atoms with Crippen molar-refractivity contribution in [3.63, 3.8) is 0 Å². The van der Waals surface area contributed by atoms with E-state index in [1.54, 1.807) is 30.6 Å². The summed E-state index contributed by atoms with van der Waals surface area (Å²) in [4.78, 5) is 33.5. The van der Waals surface area contributed by atoms with Gasteiger partial charge in [-0.2, -0.15) is 13.2 Å². The summed E-state index contributed by atoms with van der Waals surface area (Å²) in [6.45, 7) is 0.285. The van der Waals surface area contributed by atoms with E-state index in [4.69, 9.17) is 0 Å². The number of carbonyl (C=O) groups is 2. The largest absolute Gasteiger partial charge is 0.405 e. The predicted octanol–water partition coefficient (Wildman–Crippen LogP) is 4.31. The minimum Gasteiger partial charge on any atom is -0.365 e. The number of Topliss-reactive ketones (excluding diaryl/α,β-unsaturated/α-hetero) is 1.